The lowest BCUT2D eigenvalue weighted by atomic mass is 9.78. The topological polar surface area (TPSA) is 71.4 Å². The zero-order valence-electron chi connectivity index (χ0n) is 10.8. The Bertz CT molecular complexity index is 661. The van der Waals surface area contributed by atoms with Crippen LogP contribution in [0.2, 0.25) is 0 Å². The molecule has 0 spiro atoms. The Morgan fingerprint density at radius 1 is 1.25 bits per heavy atom. The predicted octanol–water partition coefficient (Wildman–Crippen LogP) is 2.26. The second-order valence-corrected chi connectivity index (χ2v) is 7.15. The van der Waals surface area contributed by atoms with Crippen LogP contribution >= 0.6 is 0 Å². The molecule has 2 rings (SSSR count). The van der Waals surface area contributed by atoms with Crippen molar-refractivity contribution in [3.05, 3.63) is 29.3 Å². The maximum Gasteiger partial charge on any atom is 0.314 e. The Morgan fingerprint density at radius 2 is 1.80 bits per heavy atom. The molecule has 1 aromatic carbocycles. The van der Waals surface area contributed by atoms with Gasteiger partial charge in [0.15, 0.2) is 21.5 Å². The summed E-state index contributed by atoms with van der Waals surface area (Å²) < 4.78 is 50.6. The molecular formula is C13H14F2O4S. The van der Waals surface area contributed by atoms with Crippen molar-refractivity contribution >= 4 is 15.8 Å². The van der Waals surface area contributed by atoms with E-state index < -0.39 is 37.8 Å². The average molecular weight is 304 g/mol. The normalized spacial score (nSPS) is 18.1. The van der Waals surface area contributed by atoms with Crippen LogP contribution in [0.25, 0.3) is 0 Å². The van der Waals surface area contributed by atoms with E-state index in [1.807, 2.05) is 0 Å². The highest BCUT2D eigenvalue weighted by Gasteiger charge is 2.45. The van der Waals surface area contributed by atoms with Gasteiger partial charge in [-0.3, -0.25) is 4.79 Å². The molecule has 0 aromatic heterocycles. The molecule has 1 aliphatic carbocycles. The molecule has 0 amide bonds. The minimum atomic E-state index is -3.75. The number of rotatable bonds is 3. The van der Waals surface area contributed by atoms with Gasteiger partial charge >= 0.3 is 5.97 Å². The van der Waals surface area contributed by atoms with E-state index in [0.717, 1.165) is 12.3 Å². The van der Waals surface area contributed by atoms with Crippen molar-refractivity contribution < 1.29 is 27.1 Å². The lowest BCUT2D eigenvalue weighted by Gasteiger charge is -2.25. The average Bonchev–Trinajstić information content (AvgIpc) is 2.81. The molecule has 20 heavy (non-hydrogen) atoms. The van der Waals surface area contributed by atoms with Crippen molar-refractivity contribution in [2.45, 2.75) is 36.0 Å². The van der Waals surface area contributed by atoms with E-state index in [0.29, 0.717) is 18.9 Å². The second kappa shape index (κ2) is 4.80. The van der Waals surface area contributed by atoms with Crippen LogP contribution in [0.3, 0.4) is 0 Å². The van der Waals surface area contributed by atoms with Crippen molar-refractivity contribution in [3.8, 4) is 0 Å². The largest absolute Gasteiger partial charge is 0.481 e. The third kappa shape index (κ3) is 2.30. The first-order valence-electron chi connectivity index (χ1n) is 6.11. The summed E-state index contributed by atoms with van der Waals surface area (Å²) >= 11 is 0. The summed E-state index contributed by atoms with van der Waals surface area (Å²) in [5.74, 6) is -3.86. The van der Waals surface area contributed by atoms with Crippen LogP contribution in [0.15, 0.2) is 17.0 Å². The van der Waals surface area contributed by atoms with E-state index in [4.69, 9.17) is 0 Å². The van der Waals surface area contributed by atoms with Crippen molar-refractivity contribution in [1.82, 2.24) is 0 Å². The fraction of sp³-hybridized carbons (Fsp3) is 0.462. The monoisotopic (exact) mass is 304 g/mol. The number of hydrogen-bond donors (Lipinski definition) is 1. The molecule has 4 nitrogen and oxygen atoms in total. The van der Waals surface area contributed by atoms with Crippen molar-refractivity contribution in [1.29, 1.82) is 0 Å². The maximum absolute atomic E-state index is 14.0. The summed E-state index contributed by atoms with van der Waals surface area (Å²) in [7, 11) is -3.75. The minimum Gasteiger partial charge on any atom is -0.481 e. The zero-order valence-corrected chi connectivity index (χ0v) is 11.6. The van der Waals surface area contributed by atoms with Crippen molar-refractivity contribution in [2.24, 2.45) is 0 Å². The zero-order chi connectivity index (χ0) is 15.1. The van der Waals surface area contributed by atoms with Gasteiger partial charge in [0.2, 0.25) is 0 Å². The van der Waals surface area contributed by atoms with Gasteiger partial charge in [-0.25, -0.2) is 17.2 Å². The van der Waals surface area contributed by atoms with Crippen LogP contribution in [0.4, 0.5) is 8.78 Å². The fourth-order valence-electron chi connectivity index (χ4n) is 2.70. The molecule has 1 saturated carbocycles. The number of benzene rings is 1. The van der Waals surface area contributed by atoms with Gasteiger partial charge in [-0.15, -0.1) is 0 Å². The number of sulfone groups is 1. The highest BCUT2D eigenvalue weighted by molar-refractivity contribution is 7.90. The van der Waals surface area contributed by atoms with Gasteiger partial charge in [0.25, 0.3) is 0 Å². The summed E-state index contributed by atoms with van der Waals surface area (Å²) in [6.07, 6.45) is 2.37. The van der Waals surface area contributed by atoms with E-state index >= 15 is 0 Å². The summed E-state index contributed by atoms with van der Waals surface area (Å²) in [4.78, 5) is 11.1. The van der Waals surface area contributed by atoms with Gasteiger partial charge < -0.3 is 5.11 Å². The first-order valence-corrected chi connectivity index (χ1v) is 8.00. The van der Waals surface area contributed by atoms with Crippen LogP contribution in [0.5, 0.6) is 0 Å². The highest BCUT2D eigenvalue weighted by atomic mass is 32.2. The number of halogens is 2. The van der Waals surface area contributed by atoms with Crippen LogP contribution in [-0.2, 0) is 20.0 Å². The molecule has 0 aliphatic heterocycles. The molecule has 110 valence electrons. The molecule has 0 atom stereocenters. The number of carbonyl (C=O) groups is 1. The van der Waals surface area contributed by atoms with Crippen LogP contribution in [-0.4, -0.2) is 25.7 Å². The summed E-state index contributed by atoms with van der Waals surface area (Å²) in [6, 6.07) is 1.53. The summed E-state index contributed by atoms with van der Waals surface area (Å²) in [5.41, 5.74) is -1.91. The third-order valence-electron chi connectivity index (χ3n) is 3.81. The second-order valence-electron chi connectivity index (χ2n) is 5.13. The first kappa shape index (κ1) is 14.9. The van der Waals surface area contributed by atoms with Crippen molar-refractivity contribution in [3.63, 3.8) is 0 Å². The molecule has 0 radical (unpaired) electrons. The molecule has 0 unspecified atom stereocenters. The summed E-state index contributed by atoms with van der Waals surface area (Å²) in [6.45, 7) is 0. The van der Waals surface area contributed by atoms with Gasteiger partial charge in [-0.05, 0) is 25.0 Å². The minimum absolute atomic E-state index is 0.173. The lowest BCUT2D eigenvalue weighted by molar-refractivity contribution is -0.143. The quantitative estimate of drug-likeness (QED) is 0.870. The van der Waals surface area contributed by atoms with Gasteiger partial charge in [-0.2, -0.15) is 0 Å². The molecule has 1 N–H and O–H groups in total. The molecule has 0 heterocycles. The summed E-state index contributed by atoms with van der Waals surface area (Å²) in [5, 5.41) is 9.39. The Kier molecular flexibility index (Phi) is 3.58. The number of carboxylic acids is 1. The highest BCUT2D eigenvalue weighted by Crippen LogP contribution is 2.43. The smallest absolute Gasteiger partial charge is 0.314 e. The van der Waals surface area contributed by atoms with Crippen LogP contribution in [0, 0.1) is 11.6 Å². The Labute approximate surface area is 115 Å². The van der Waals surface area contributed by atoms with Gasteiger partial charge in [0, 0.05) is 11.8 Å². The number of hydrogen-bond acceptors (Lipinski definition) is 3. The molecule has 1 aliphatic rings. The molecule has 0 saturated heterocycles. The SMILES string of the molecule is CS(=O)(=O)c1cc(F)c(F)c(C2(C(=O)O)CCCC2)c1. The third-order valence-corrected chi connectivity index (χ3v) is 4.90. The lowest BCUT2D eigenvalue weighted by Crippen LogP contribution is -2.34. The number of aliphatic carboxylic acids is 1. The number of carboxylic acid groups (broad SMARTS) is 1. The van der Waals surface area contributed by atoms with Crippen LogP contribution < -0.4 is 0 Å². The van der Waals surface area contributed by atoms with E-state index in [1.165, 1.54) is 0 Å². The van der Waals surface area contributed by atoms with Gasteiger partial charge in [0.1, 0.15) is 0 Å². The Morgan fingerprint density at radius 3 is 2.25 bits per heavy atom. The van der Waals surface area contributed by atoms with E-state index in [-0.39, 0.29) is 18.4 Å². The van der Waals surface area contributed by atoms with E-state index in [2.05, 4.69) is 0 Å². The fourth-order valence-corrected chi connectivity index (χ4v) is 3.35. The molecule has 1 fully saturated rings. The molecule has 1 aromatic rings. The van der Waals surface area contributed by atoms with Crippen molar-refractivity contribution in [2.75, 3.05) is 6.26 Å². The Hall–Kier alpha value is -1.50. The molecular weight excluding hydrogens is 290 g/mol. The van der Waals surface area contributed by atoms with E-state index in [9.17, 15) is 27.1 Å². The Balaban J connectivity index is 2.73. The first-order chi connectivity index (χ1) is 9.18. The van der Waals surface area contributed by atoms with Gasteiger partial charge in [-0.1, -0.05) is 12.8 Å². The predicted molar refractivity (Wildman–Crippen MR) is 67.2 cm³/mol. The molecule has 0 bridgehead atoms. The van der Waals surface area contributed by atoms with E-state index in [1.54, 1.807) is 0 Å². The maximum atomic E-state index is 14.0. The standard InChI is InChI=1S/C13H14F2O4S/c1-20(18,19)8-6-9(11(15)10(14)7-8)13(12(16)17)4-2-3-5-13/h6-7H,2-5H2,1H3,(H,16,17). The molecule has 7 heteroatoms. The van der Waals surface area contributed by atoms with Crippen LogP contribution in [0.1, 0.15) is 31.2 Å². The van der Waals surface area contributed by atoms with Gasteiger partial charge in [0.05, 0.1) is 10.3 Å².